The summed E-state index contributed by atoms with van der Waals surface area (Å²) in [6, 6.07) is 9.49. The van der Waals surface area contributed by atoms with Gasteiger partial charge in [-0.25, -0.2) is 0 Å². The van der Waals surface area contributed by atoms with E-state index < -0.39 is 17.3 Å². The molecule has 142 valence electrons. The fourth-order valence-electron chi connectivity index (χ4n) is 3.16. The van der Waals surface area contributed by atoms with Crippen LogP contribution in [0, 0.1) is 11.3 Å². The molecule has 0 aliphatic carbocycles. The number of benzene rings is 1. The zero-order valence-corrected chi connectivity index (χ0v) is 15.7. The average molecular weight is 360 g/mol. The third-order valence-electron chi connectivity index (χ3n) is 4.75. The van der Waals surface area contributed by atoms with Gasteiger partial charge in [0.25, 0.3) is 0 Å². The molecule has 1 aromatic rings. The van der Waals surface area contributed by atoms with Crippen LogP contribution in [0.15, 0.2) is 30.3 Å². The van der Waals surface area contributed by atoms with Crippen molar-refractivity contribution >= 4 is 17.8 Å². The maximum absolute atomic E-state index is 12.5. The molecule has 1 aliphatic heterocycles. The summed E-state index contributed by atoms with van der Waals surface area (Å²) in [5, 5.41) is 12.3. The molecule has 6 heteroatoms. The molecule has 2 amide bonds. The van der Waals surface area contributed by atoms with E-state index in [9.17, 15) is 19.5 Å². The highest BCUT2D eigenvalue weighted by atomic mass is 16.4. The van der Waals surface area contributed by atoms with Crippen molar-refractivity contribution in [1.29, 1.82) is 0 Å². The fraction of sp³-hybridized carbons (Fsp3) is 0.550. The summed E-state index contributed by atoms with van der Waals surface area (Å²) in [5.41, 5.74) is 0.504. The summed E-state index contributed by atoms with van der Waals surface area (Å²) in [4.78, 5) is 37.5. The van der Waals surface area contributed by atoms with Crippen molar-refractivity contribution in [3.8, 4) is 0 Å². The van der Waals surface area contributed by atoms with Crippen LogP contribution in [0.2, 0.25) is 0 Å². The van der Waals surface area contributed by atoms with E-state index in [0.717, 1.165) is 5.56 Å². The van der Waals surface area contributed by atoms with Crippen molar-refractivity contribution in [3.05, 3.63) is 35.9 Å². The Morgan fingerprint density at radius 1 is 1.15 bits per heavy atom. The van der Waals surface area contributed by atoms with Gasteiger partial charge in [-0.3, -0.25) is 14.4 Å². The fourth-order valence-corrected chi connectivity index (χ4v) is 3.16. The number of likely N-dealkylation sites (tertiary alicyclic amines) is 1. The number of aliphatic carboxylic acids is 1. The van der Waals surface area contributed by atoms with Crippen LogP contribution in [0.4, 0.5) is 0 Å². The quantitative estimate of drug-likeness (QED) is 0.762. The first kappa shape index (κ1) is 19.9. The van der Waals surface area contributed by atoms with E-state index in [-0.39, 0.29) is 24.3 Å². The molecule has 2 N–H and O–H groups in total. The number of carboxylic acids is 1. The second-order valence-corrected chi connectivity index (χ2v) is 7.87. The smallest absolute Gasteiger partial charge is 0.308 e. The van der Waals surface area contributed by atoms with Crippen molar-refractivity contribution in [2.45, 2.75) is 39.5 Å². The molecule has 2 atom stereocenters. The molecule has 0 unspecified atom stereocenters. The molecule has 1 aromatic carbocycles. The third-order valence-corrected chi connectivity index (χ3v) is 4.75. The number of hydrogen-bond acceptors (Lipinski definition) is 3. The SMILES string of the molecule is CC(C)(C)C(=O)NCCCC(=O)N1C[C@H](C(=O)O)[C@H](c2ccccc2)C1. The van der Waals surface area contributed by atoms with Crippen LogP contribution in [0.5, 0.6) is 0 Å². The molecule has 0 radical (unpaired) electrons. The normalized spacial score (nSPS) is 20.0. The second-order valence-electron chi connectivity index (χ2n) is 7.87. The van der Waals surface area contributed by atoms with E-state index in [1.165, 1.54) is 0 Å². The molecule has 1 heterocycles. The lowest BCUT2D eigenvalue weighted by molar-refractivity contribution is -0.142. The molecular formula is C20H28N2O4. The largest absolute Gasteiger partial charge is 0.481 e. The lowest BCUT2D eigenvalue weighted by atomic mass is 9.89. The van der Waals surface area contributed by atoms with E-state index in [1.807, 2.05) is 51.1 Å². The van der Waals surface area contributed by atoms with Crippen LogP contribution < -0.4 is 5.32 Å². The Balaban J connectivity index is 1.88. The predicted octanol–water partition coefficient (Wildman–Crippen LogP) is 2.26. The molecule has 6 nitrogen and oxygen atoms in total. The van der Waals surface area contributed by atoms with Crippen molar-refractivity contribution < 1.29 is 19.5 Å². The first-order valence-corrected chi connectivity index (χ1v) is 9.04. The topological polar surface area (TPSA) is 86.7 Å². The Kier molecular flexibility index (Phi) is 6.40. The third kappa shape index (κ3) is 5.07. The molecule has 0 bridgehead atoms. The molecule has 0 aromatic heterocycles. The van der Waals surface area contributed by atoms with Crippen LogP contribution >= 0.6 is 0 Å². The number of carboxylic acid groups (broad SMARTS) is 1. The van der Waals surface area contributed by atoms with Crippen LogP contribution in [-0.2, 0) is 14.4 Å². The Morgan fingerprint density at radius 3 is 2.38 bits per heavy atom. The number of carbonyl (C=O) groups excluding carboxylic acids is 2. The summed E-state index contributed by atoms with van der Waals surface area (Å²) in [7, 11) is 0. The Morgan fingerprint density at radius 2 is 1.81 bits per heavy atom. The number of nitrogens with zero attached hydrogens (tertiary/aromatic N) is 1. The maximum atomic E-state index is 12.5. The van der Waals surface area contributed by atoms with Crippen LogP contribution in [-0.4, -0.2) is 47.4 Å². The van der Waals surface area contributed by atoms with E-state index in [4.69, 9.17) is 0 Å². The standard InChI is InChI=1S/C20H28N2O4/c1-20(2,3)19(26)21-11-7-10-17(23)22-12-15(16(13-22)18(24)25)14-8-5-4-6-9-14/h4-6,8-9,15-16H,7,10-13H2,1-3H3,(H,21,26)(H,24,25)/t15-,16-/m0/s1. The molecule has 0 spiro atoms. The number of hydrogen-bond donors (Lipinski definition) is 2. The van der Waals surface area contributed by atoms with E-state index in [1.54, 1.807) is 4.90 Å². The van der Waals surface area contributed by atoms with E-state index in [0.29, 0.717) is 25.9 Å². The summed E-state index contributed by atoms with van der Waals surface area (Å²) < 4.78 is 0. The lowest BCUT2D eigenvalue weighted by Gasteiger charge is -2.19. The molecule has 1 saturated heterocycles. The van der Waals surface area contributed by atoms with Crippen molar-refractivity contribution in [3.63, 3.8) is 0 Å². The summed E-state index contributed by atoms with van der Waals surface area (Å²) in [5.74, 6) is -1.73. The van der Waals surface area contributed by atoms with Gasteiger partial charge in [0.15, 0.2) is 0 Å². The second kappa shape index (κ2) is 8.34. The molecule has 1 fully saturated rings. The zero-order valence-electron chi connectivity index (χ0n) is 15.7. The zero-order chi connectivity index (χ0) is 19.3. The summed E-state index contributed by atoms with van der Waals surface area (Å²) in [6.07, 6.45) is 0.850. The van der Waals surface area contributed by atoms with Crippen molar-refractivity contribution in [1.82, 2.24) is 10.2 Å². The van der Waals surface area contributed by atoms with Crippen LogP contribution in [0.1, 0.15) is 45.1 Å². The van der Waals surface area contributed by atoms with Crippen molar-refractivity contribution in [2.24, 2.45) is 11.3 Å². The van der Waals surface area contributed by atoms with Gasteiger partial charge in [-0.2, -0.15) is 0 Å². The Labute approximate surface area is 154 Å². The van der Waals surface area contributed by atoms with E-state index in [2.05, 4.69) is 5.32 Å². The highest BCUT2D eigenvalue weighted by Crippen LogP contribution is 2.33. The minimum absolute atomic E-state index is 0.0406. The molecular weight excluding hydrogens is 332 g/mol. The van der Waals surface area contributed by atoms with Gasteiger partial charge in [-0.05, 0) is 12.0 Å². The van der Waals surface area contributed by atoms with Gasteiger partial charge in [-0.1, -0.05) is 51.1 Å². The first-order valence-electron chi connectivity index (χ1n) is 9.04. The van der Waals surface area contributed by atoms with E-state index >= 15 is 0 Å². The van der Waals surface area contributed by atoms with Gasteiger partial charge >= 0.3 is 5.97 Å². The van der Waals surface area contributed by atoms with Gasteiger partial charge in [0.2, 0.25) is 11.8 Å². The molecule has 0 saturated carbocycles. The first-order chi connectivity index (χ1) is 12.2. The maximum Gasteiger partial charge on any atom is 0.308 e. The minimum Gasteiger partial charge on any atom is -0.481 e. The van der Waals surface area contributed by atoms with Gasteiger partial charge in [-0.15, -0.1) is 0 Å². The van der Waals surface area contributed by atoms with Crippen LogP contribution in [0.25, 0.3) is 0 Å². The highest BCUT2D eigenvalue weighted by Gasteiger charge is 2.40. The van der Waals surface area contributed by atoms with Gasteiger partial charge in [0, 0.05) is 37.4 Å². The molecule has 2 rings (SSSR count). The number of rotatable bonds is 6. The lowest BCUT2D eigenvalue weighted by Crippen LogP contribution is -2.36. The predicted molar refractivity (Wildman–Crippen MR) is 98.6 cm³/mol. The molecule has 1 aliphatic rings. The summed E-state index contributed by atoms with van der Waals surface area (Å²) >= 11 is 0. The van der Waals surface area contributed by atoms with Crippen molar-refractivity contribution in [2.75, 3.05) is 19.6 Å². The minimum atomic E-state index is -0.869. The van der Waals surface area contributed by atoms with Gasteiger partial charge < -0.3 is 15.3 Å². The molecule has 26 heavy (non-hydrogen) atoms. The number of nitrogens with one attached hydrogen (secondary N) is 1. The highest BCUT2D eigenvalue weighted by molar-refractivity contribution is 5.81. The van der Waals surface area contributed by atoms with Gasteiger partial charge in [0.05, 0.1) is 5.92 Å². The summed E-state index contributed by atoms with van der Waals surface area (Å²) in [6.45, 7) is 6.63. The monoisotopic (exact) mass is 360 g/mol. The number of carbonyl (C=O) groups is 3. The van der Waals surface area contributed by atoms with Gasteiger partial charge in [0.1, 0.15) is 0 Å². The Bertz CT molecular complexity index is 652. The number of amides is 2. The average Bonchev–Trinajstić information content (AvgIpc) is 3.04. The Hall–Kier alpha value is -2.37. The van der Waals surface area contributed by atoms with Crippen LogP contribution in [0.3, 0.4) is 0 Å².